The molecule has 0 aliphatic carbocycles. The number of benzene rings is 1. The molecule has 2 aromatic heterocycles. The zero-order valence-electron chi connectivity index (χ0n) is 18.7. The number of aromatic nitrogens is 2. The number of rotatable bonds is 5. The van der Waals surface area contributed by atoms with Crippen LogP contribution in [0, 0.1) is 0 Å². The van der Waals surface area contributed by atoms with E-state index in [0.29, 0.717) is 41.6 Å². The number of anilines is 3. The van der Waals surface area contributed by atoms with Gasteiger partial charge in [-0.1, -0.05) is 0 Å². The number of ketones is 1. The van der Waals surface area contributed by atoms with Crippen molar-refractivity contribution in [2.24, 2.45) is 0 Å². The molecular formula is C24H22N4O5S. The van der Waals surface area contributed by atoms with Gasteiger partial charge in [0.1, 0.15) is 17.3 Å². The number of ether oxygens (including phenoxy) is 1. The van der Waals surface area contributed by atoms with E-state index in [1.54, 1.807) is 36.5 Å². The first-order valence-electron chi connectivity index (χ1n) is 10.8. The van der Waals surface area contributed by atoms with Gasteiger partial charge in [0.25, 0.3) is 5.91 Å². The number of sulfone groups is 1. The molecule has 0 saturated heterocycles. The number of hydrogen-bond donors (Lipinski definition) is 0. The molecule has 0 N–H and O–H groups in total. The van der Waals surface area contributed by atoms with Crippen LogP contribution in [0.15, 0.2) is 53.7 Å². The molecule has 0 radical (unpaired) electrons. The average molecular weight is 479 g/mol. The second kappa shape index (κ2) is 8.21. The van der Waals surface area contributed by atoms with Crippen LogP contribution in [0.4, 0.5) is 17.3 Å². The van der Waals surface area contributed by atoms with Crippen molar-refractivity contribution in [3.8, 4) is 5.75 Å². The summed E-state index contributed by atoms with van der Waals surface area (Å²) in [6, 6.07) is 9.90. The average Bonchev–Trinajstić information content (AvgIpc) is 3.02. The van der Waals surface area contributed by atoms with E-state index >= 15 is 0 Å². The molecule has 0 bridgehead atoms. The molecule has 174 valence electrons. The lowest BCUT2D eigenvalue weighted by Crippen LogP contribution is -2.25. The fraction of sp³-hybridized carbons (Fsp3) is 0.250. The number of amides is 1. The highest BCUT2D eigenvalue weighted by Crippen LogP contribution is 2.37. The molecule has 0 fully saturated rings. The van der Waals surface area contributed by atoms with E-state index < -0.39 is 21.4 Å². The van der Waals surface area contributed by atoms with Gasteiger partial charge < -0.3 is 14.5 Å². The Morgan fingerprint density at radius 1 is 1.06 bits per heavy atom. The first-order valence-corrected chi connectivity index (χ1v) is 12.5. The van der Waals surface area contributed by atoms with Gasteiger partial charge in [0.05, 0.1) is 22.8 Å². The van der Waals surface area contributed by atoms with E-state index in [9.17, 15) is 18.0 Å². The minimum Gasteiger partial charge on any atom is -0.493 e. The number of fused-ring (bicyclic) bond motifs is 3. The van der Waals surface area contributed by atoms with E-state index in [1.807, 2.05) is 24.0 Å². The summed E-state index contributed by atoms with van der Waals surface area (Å²) in [4.78, 5) is 37.8. The summed E-state index contributed by atoms with van der Waals surface area (Å²) in [5.41, 5.74) is 2.18. The van der Waals surface area contributed by atoms with Gasteiger partial charge in [0.2, 0.25) is 0 Å². The quantitative estimate of drug-likeness (QED) is 0.551. The lowest BCUT2D eigenvalue weighted by molar-refractivity contribution is 0.0991. The van der Waals surface area contributed by atoms with Gasteiger partial charge in [-0.05, 0) is 48.9 Å². The van der Waals surface area contributed by atoms with Gasteiger partial charge in [0.15, 0.2) is 21.4 Å². The monoisotopic (exact) mass is 478 g/mol. The van der Waals surface area contributed by atoms with E-state index in [1.165, 1.54) is 12.1 Å². The molecule has 2 aliphatic heterocycles. The van der Waals surface area contributed by atoms with Gasteiger partial charge in [0, 0.05) is 38.0 Å². The summed E-state index contributed by atoms with van der Waals surface area (Å²) >= 11 is 0. The predicted octanol–water partition coefficient (Wildman–Crippen LogP) is 2.82. The van der Waals surface area contributed by atoms with E-state index in [2.05, 4.69) is 9.97 Å². The highest BCUT2D eigenvalue weighted by Gasteiger charge is 2.33. The van der Waals surface area contributed by atoms with Crippen LogP contribution in [-0.2, 0) is 16.3 Å². The lowest BCUT2D eigenvalue weighted by atomic mass is 10.1. The fourth-order valence-electron chi connectivity index (χ4n) is 4.26. The summed E-state index contributed by atoms with van der Waals surface area (Å²) in [6.45, 7) is 2.85. The smallest absolute Gasteiger partial charge is 0.261 e. The third kappa shape index (κ3) is 3.60. The Balaban J connectivity index is 1.36. The third-order valence-corrected chi connectivity index (χ3v) is 7.65. The maximum Gasteiger partial charge on any atom is 0.261 e. The molecular weight excluding hydrogens is 456 g/mol. The summed E-state index contributed by atoms with van der Waals surface area (Å²) < 4.78 is 29.7. The molecule has 2 aliphatic rings. The largest absolute Gasteiger partial charge is 0.493 e. The van der Waals surface area contributed by atoms with Crippen LogP contribution in [0.2, 0.25) is 0 Å². The third-order valence-electron chi connectivity index (χ3n) is 5.98. The maximum absolute atomic E-state index is 13.2. The van der Waals surface area contributed by atoms with Crippen molar-refractivity contribution in [2.45, 2.75) is 18.2 Å². The summed E-state index contributed by atoms with van der Waals surface area (Å²) in [7, 11) is -1.82. The van der Waals surface area contributed by atoms with E-state index in [-0.39, 0.29) is 23.0 Å². The molecule has 3 aromatic rings. The number of hydrogen-bond acceptors (Lipinski definition) is 8. The van der Waals surface area contributed by atoms with Gasteiger partial charge in [-0.3, -0.25) is 9.59 Å². The van der Waals surface area contributed by atoms with Crippen molar-refractivity contribution < 1.29 is 22.7 Å². The molecule has 10 heteroatoms. The van der Waals surface area contributed by atoms with Gasteiger partial charge >= 0.3 is 0 Å². The van der Waals surface area contributed by atoms with E-state index in [4.69, 9.17) is 4.74 Å². The van der Waals surface area contributed by atoms with Crippen molar-refractivity contribution in [3.63, 3.8) is 0 Å². The van der Waals surface area contributed by atoms with Crippen molar-refractivity contribution in [1.82, 2.24) is 9.97 Å². The van der Waals surface area contributed by atoms with Crippen LogP contribution in [0.5, 0.6) is 5.75 Å². The Bertz CT molecular complexity index is 1440. The van der Waals surface area contributed by atoms with Crippen LogP contribution in [0.3, 0.4) is 0 Å². The highest BCUT2D eigenvalue weighted by molar-refractivity contribution is 7.92. The Morgan fingerprint density at radius 3 is 2.68 bits per heavy atom. The number of nitrogens with zero attached hydrogens (tertiary/aromatic N) is 4. The Labute approximate surface area is 196 Å². The van der Waals surface area contributed by atoms with Gasteiger partial charge in [-0.2, -0.15) is 0 Å². The van der Waals surface area contributed by atoms with Gasteiger partial charge in [-0.15, -0.1) is 0 Å². The molecule has 1 amide bonds. The van der Waals surface area contributed by atoms with Crippen molar-refractivity contribution in [2.75, 3.05) is 35.8 Å². The number of Topliss-reactive ketones (excluding diaryl/α,β-unsaturated/α-hetero) is 1. The first-order chi connectivity index (χ1) is 16.3. The highest BCUT2D eigenvalue weighted by atomic mass is 32.2. The lowest BCUT2D eigenvalue weighted by Gasteiger charge is -2.22. The van der Waals surface area contributed by atoms with Gasteiger partial charge in [-0.25, -0.2) is 18.4 Å². The summed E-state index contributed by atoms with van der Waals surface area (Å²) in [5.74, 6) is 0.559. The zero-order chi connectivity index (χ0) is 24.0. The van der Waals surface area contributed by atoms with E-state index in [0.717, 1.165) is 5.56 Å². The topological polar surface area (TPSA) is 110 Å². The first kappa shape index (κ1) is 22.0. The fourth-order valence-corrected chi connectivity index (χ4v) is 5.70. The van der Waals surface area contributed by atoms with Crippen LogP contribution in [0.25, 0.3) is 0 Å². The number of carbonyl (C=O) groups is 2. The Hall–Kier alpha value is -3.79. The SMILES string of the molecule is CCN1c2ncc(CCOc3ccc4c(c3)C(=O)CS4(=O)=O)cc2C(=O)N(C)c2cccnc21. The predicted molar refractivity (Wildman–Crippen MR) is 126 cm³/mol. The number of pyridine rings is 2. The molecule has 9 nitrogen and oxygen atoms in total. The molecule has 0 atom stereocenters. The molecule has 0 saturated carbocycles. The maximum atomic E-state index is 13.2. The van der Waals surface area contributed by atoms with Crippen LogP contribution >= 0.6 is 0 Å². The minimum absolute atomic E-state index is 0.0541. The molecule has 0 unspecified atom stereocenters. The normalized spacial score (nSPS) is 16.1. The summed E-state index contributed by atoms with van der Waals surface area (Å²) in [6.07, 6.45) is 3.88. The number of carbonyl (C=O) groups excluding carboxylic acids is 2. The standard InChI is InChI=1S/C24H22N4O5S/c1-3-28-22-18(24(30)27(2)19-5-4-9-25-23(19)28)11-15(13-26-22)8-10-33-16-6-7-21-17(12-16)20(29)14-34(21,31)32/h4-7,9,11-13H,3,8,10,14H2,1-2H3. The van der Waals surface area contributed by atoms with Crippen molar-refractivity contribution >= 4 is 38.9 Å². The van der Waals surface area contributed by atoms with Crippen molar-refractivity contribution in [1.29, 1.82) is 0 Å². The molecule has 1 aromatic carbocycles. The Kier molecular flexibility index (Phi) is 5.32. The second-order valence-electron chi connectivity index (χ2n) is 8.11. The van der Waals surface area contributed by atoms with Crippen LogP contribution in [-0.4, -0.2) is 56.0 Å². The summed E-state index contributed by atoms with van der Waals surface area (Å²) in [5, 5.41) is 0. The molecule has 0 spiro atoms. The zero-order valence-corrected chi connectivity index (χ0v) is 19.5. The second-order valence-corrected chi connectivity index (χ2v) is 10.1. The van der Waals surface area contributed by atoms with Crippen molar-refractivity contribution in [3.05, 3.63) is 65.5 Å². The van der Waals surface area contributed by atoms with Crippen LogP contribution in [0.1, 0.15) is 33.2 Å². The molecule has 34 heavy (non-hydrogen) atoms. The minimum atomic E-state index is -3.54. The van der Waals surface area contributed by atoms with Crippen LogP contribution < -0.4 is 14.5 Å². The molecule has 5 rings (SSSR count). The molecule has 4 heterocycles. The Morgan fingerprint density at radius 2 is 1.88 bits per heavy atom.